The molecule has 16 atom stereocenters. The fourth-order valence-corrected chi connectivity index (χ4v) is 5.82. The van der Waals surface area contributed by atoms with Crippen molar-refractivity contribution in [1.82, 2.24) is 5.32 Å². The van der Waals surface area contributed by atoms with Crippen LogP contribution >= 0.6 is 0 Å². The third-order valence-electron chi connectivity index (χ3n) is 8.56. The molecule has 0 saturated carbocycles. The van der Waals surface area contributed by atoms with Gasteiger partial charge in [0.2, 0.25) is 5.91 Å². The van der Waals surface area contributed by atoms with Crippen molar-refractivity contribution < 1.29 is 79.2 Å². The molecule has 0 bridgehead atoms. The van der Waals surface area contributed by atoms with Gasteiger partial charge in [-0.1, -0.05) is 39.0 Å². The summed E-state index contributed by atoms with van der Waals surface area (Å²) in [6, 6.07) is -1.40. The lowest BCUT2D eigenvalue weighted by atomic mass is 9.95. The average molecular weight is 672 g/mol. The minimum atomic E-state index is -1.81. The highest BCUT2D eigenvalue weighted by Gasteiger charge is 2.53. The van der Waals surface area contributed by atoms with Gasteiger partial charge in [-0.05, 0) is 13.3 Å². The van der Waals surface area contributed by atoms with Crippen LogP contribution in [0.1, 0.15) is 59.3 Å². The minimum absolute atomic E-state index is 0.231. The van der Waals surface area contributed by atoms with E-state index in [2.05, 4.69) is 12.2 Å². The zero-order chi connectivity index (χ0) is 34.1. The number of hydrogen-bond donors (Lipinski definition) is 10. The molecule has 3 heterocycles. The Morgan fingerprint density at radius 3 is 1.91 bits per heavy atom. The van der Waals surface area contributed by atoms with E-state index in [1.54, 1.807) is 0 Å². The number of nitrogens with one attached hydrogen (secondary N) is 1. The Morgan fingerprint density at radius 2 is 1.30 bits per heavy atom. The number of hydrogen-bond acceptors (Lipinski definition) is 16. The van der Waals surface area contributed by atoms with Gasteiger partial charge in [0, 0.05) is 13.5 Å². The van der Waals surface area contributed by atoms with E-state index >= 15 is 0 Å². The van der Waals surface area contributed by atoms with Crippen LogP contribution in [0.25, 0.3) is 0 Å². The smallest absolute Gasteiger partial charge is 0.217 e. The van der Waals surface area contributed by atoms with Gasteiger partial charge in [-0.2, -0.15) is 0 Å². The summed E-state index contributed by atoms with van der Waals surface area (Å²) in [4.78, 5) is 11.9. The van der Waals surface area contributed by atoms with Crippen molar-refractivity contribution in [2.45, 2.75) is 157 Å². The van der Waals surface area contributed by atoms with E-state index in [4.69, 9.17) is 28.4 Å². The second kappa shape index (κ2) is 18.6. The SMILES string of the molecule is CCCCCCCCO[C@@H]1O[C@H]([C@@H](C)O[C@H]2O[C@H](CO)[C@@H](O)[C@H](O)[C@@H]2O[C@@H]2O[C@H](CO)[C@@H](O)[C@H](O)[C@H]2NC(C)=O)[C@@H](O)[C@H](O)[C@H]1O. The third-order valence-corrected chi connectivity index (χ3v) is 8.56. The molecule has 0 radical (unpaired) electrons. The molecule has 3 aliphatic rings. The van der Waals surface area contributed by atoms with Crippen molar-refractivity contribution in [3.8, 4) is 0 Å². The van der Waals surface area contributed by atoms with E-state index < -0.39 is 117 Å². The van der Waals surface area contributed by atoms with Crippen LogP contribution in [0.5, 0.6) is 0 Å². The molecule has 10 N–H and O–H groups in total. The third kappa shape index (κ3) is 9.73. The molecule has 0 unspecified atom stereocenters. The van der Waals surface area contributed by atoms with Crippen LogP contribution < -0.4 is 5.32 Å². The Kier molecular flexibility index (Phi) is 15.9. The van der Waals surface area contributed by atoms with Crippen molar-refractivity contribution >= 4 is 5.91 Å². The average Bonchev–Trinajstić information content (AvgIpc) is 3.02. The Morgan fingerprint density at radius 1 is 0.717 bits per heavy atom. The number of carbonyl (C=O) groups is 1. The lowest BCUT2D eigenvalue weighted by molar-refractivity contribution is -0.372. The molecule has 17 heteroatoms. The van der Waals surface area contributed by atoms with Crippen LogP contribution in [-0.4, -0.2) is 170 Å². The first kappa shape index (κ1) is 39.3. The first-order valence-electron chi connectivity index (χ1n) is 16.0. The molecular weight excluding hydrogens is 618 g/mol. The van der Waals surface area contributed by atoms with Crippen LogP contribution in [0.15, 0.2) is 0 Å². The molecule has 0 aromatic carbocycles. The minimum Gasteiger partial charge on any atom is -0.394 e. The maximum absolute atomic E-state index is 11.9. The topological polar surface area (TPSA) is 267 Å². The molecular formula is C29H53NO16. The number of rotatable bonds is 16. The van der Waals surface area contributed by atoms with E-state index in [-0.39, 0.29) is 6.61 Å². The standard InChI is InChI=1S/C29H53NO16/c1-4-5-6-7-8-9-10-41-28-24(40)21(37)23(39)25(45-28)13(2)42-29-26(22(38)19(35)16(12-32)44-29)46-27-17(30-14(3)33)20(36)18(34)15(11-31)43-27/h13,15-29,31-32,34-40H,4-12H2,1-3H3,(H,30,33)/t13-,15-,16-,17-,18-,19-,20-,21+,22+,23+,24-,25-,26+,27+,28-,29+/m1/s1. The monoisotopic (exact) mass is 671 g/mol. The molecule has 3 rings (SSSR count). The predicted octanol–water partition coefficient (Wildman–Crippen LogP) is -3.66. The summed E-state index contributed by atoms with van der Waals surface area (Å²) in [5, 5.41) is 96.2. The summed E-state index contributed by atoms with van der Waals surface area (Å²) >= 11 is 0. The molecule has 3 fully saturated rings. The van der Waals surface area contributed by atoms with Crippen LogP contribution in [0, 0.1) is 0 Å². The molecule has 17 nitrogen and oxygen atoms in total. The van der Waals surface area contributed by atoms with Gasteiger partial charge in [0.25, 0.3) is 0 Å². The van der Waals surface area contributed by atoms with Crippen LogP contribution in [0.4, 0.5) is 0 Å². The molecule has 3 saturated heterocycles. The molecule has 0 spiro atoms. The summed E-state index contributed by atoms with van der Waals surface area (Å²) in [5.74, 6) is -0.629. The zero-order valence-electron chi connectivity index (χ0n) is 26.5. The summed E-state index contributed by atoms with van der Waals surface area (Å²) in [6.45, 7) is 3.44. The first-order chi connectivity index (χ1) is 21.9. The van der Waals surface area contributed by atoms with Crippen LogP contribution in [-0.2, 0) is 33.2 Å². The van der Waals surface area contributed by atoms with E-state index in [0.717, 1.165) is 39.0 Å². The predicted molar refractivity (Wildman–Crippen MR) is 155 cm³/mol. The fraction of sp³-hybridized carbons (Fsp3) is 0.966. The number of unbranched alkanes of at least 4 members (excludes halogenated alkanes) is 5. The summed E-state index contributed by atoms with van der Waals surface area (Å²) < 4.78 is 34.6. The summed E-state index contributed by atoms with van der Waals surface area (Å²) in [5.41, 5.74) is 0. The summed E-state index contributed by atoms with van der Waals surface area (Å²) in [6.07, 6.45) is -17.1. The Balaban J connectivity index is 1.75. The normalized spacial score (nSPS) is 42.5. The molecule has 1 amide bonds. The van der Waals surface area contributed by atoms with Gasteiger partial charge >= 0.3 is 0 Å². The van der Waals surface area contributed by atoms with Gasteiger partial charge in [-0.15, -0.1) is 0 Å². The molecule has 0 aromatic heterocycles. The quantitative estimate of drug-likeness (QED) is 0.0709. The van der Waals surface area contributed by atoms with Crippen molar-refractivity contribution in [2.24, 2.45) is 0 Å². The second-order valence-corrected chi connectivity index (χ2v) is 12.2. The van der Waals surface area contributed by atoms with Gasteiger partial charge in [-0.3, -0.25) is 4.79 Å². The lowest BCUT2D eigenvalue weighted by Crippen LogP contribution is -2.68. The van der Waals surface area contributed by atoms with Gasteiger partial charge < -0.3 is 79.7 Å². The Bertz CT molecular complexity index is 903. The maximum atomic E-state index is 11.9. The lowest BCUT2D eigenvalue weighted by Gasteiger charge is -2.48. The van der Waals surface area contributed by atoms with E-state index in [1.165, 1.54) is 6.92 Å². The van der Waals surface area contributed by atoms with Gasteiger partial charge in [0.1, 0.15) is 73.2 Å². The zero-order valence-corrected chi connectivity index (χ0v) is 26.5. The second-order valence-electron chi connectivity index (χ2n) is 12.2. The largest absolute Gasteiger partial charge is 0.394 e. The molecule has 0 aromatic rings. The Hall–Kier alpha value is -1.13. The number of aliphatic hydroxyl groups is 9. The highest BCUT2D eigenvalue weighted by Crippen LogP contribution is 2.32. The first-order valence-corrected chi connectivity index (χ1v) is 16.0. The van der Waals surface area contributed by atoms with Crippen molar-refractivity contribution in [2.75, 3.05) is 19.8 Å². The highest BCUT2D eigenvalue weighted by atomic mass is 16.8. The van der Waals surface area contributed by atoms with Gasteiger partial charge in [-0.25, -0.2) is 0 Å². The van der Waals surface area contributed by atoms with E-state index in [1.807, 2.05) is 0 Å². The number of aliphatic hydroxyl groups excluding tert-OH is 9. The number of ether oxygens (including phenoxy) is 6. The highest BCUT2D eigenvalue weighted by molar-refractivity contribution is 5.73. The maximum Gasteiger partial charge on any atom is 0.217 e. The van der Waals surface area contributed by atoms with Gasteiger partial charge in [0.15, 0.2) is 18.9 Å². The number of amides is 1. The van der Waals surface area contributed by atoms with Crippen LogP contribution in [0.2, 0.25) is 0 Å². The fourth-order valence-electron chi connectivity index (χ4n) is 5.82. The van der Waals surface area contributed by atoms with E-state index in [9.17, 15) is 50.8 Å². The molecule has 46 heavy (non-hydrogen) atoms. The molecule has 3 aliphatic heterocycles. The summed E-state index contributed by atoms with van der Waals surface area (Å²) in [7, 11) is 0. The van der Waals surface area contributed by atoms with Crippen molar-refractivity contribution in [3.05, 3.63) is 0 Å². The molecule has 0 aliphatic carbocycles. The van der Waals surface area contributed by atoms with E-state index in [0.29, 0.717) is 6.42 Å². The van der Waals surface area contributed by atoms with Crippen molar-refractivity contribution in [3.63, 3.8) is 0 Å². The van der Waals surface area contributed by atoms with Crippen LogP contribution in [0.3, 0.4) is 0 Å². The molecule has 270 valence electrons. The Labute approximate surface area is 267 Å². The van der Waals surface area contributed by atoms with Gasteiger partial charge in [0.05, 0.1) is 19.3 Å². The number of carbonyl (C=O) groups excluding carboxylic acids is 1. The van der Waals surface area contributed by atoms with Crippen molar-refractivity contribution in [1.29, 1.82) is 0 Å².